The lowest BCUT2D eigenvalue weighted by molar-refractivity contribution is -0.127. The Morgan fingerprint density at radius 3 is 2.35 bits per heavy atom. The van der Waals surface area contributed by atoms with Crippen LogP contribution in [0, 0.1) is 11.8 Å². The van der Waals surface area contributed by atoms with E-state index in [0.29, 0.717) is 25.0 Å². The number of hydrogen-bond acceptors (Lipinski definition) is 2. The predicted molar refractivity (Wildman–Crippen MR) is 90.1 cm³/mol. The van der Waals surface area contributed by atoms with Crippen molar-refractivity contribution in [1.82, 2.24) is 10.2 Å². The number of urea groups is 1. The maximum Gasteiger partial charge on any atom is 0.321 e. The van der Waals surface area contributed by atoms with E-state index in [-0.39, 0.29) is 17.9 Å². The monoisotopic (exact) mass is 315 g/mol. The summed E-state index contributed by atoms with van der Waals surface area (Å²) in [5.41, 5.74) is 0.802. The minimum atomic E-state index is -0.0820. The summed E-state index contributed by atoms with van der Waals surface area (Å²) >= 11 is 0. The fourth-order valence-electron chi connectivity index (χ4n) is 3.13. The zero-order chi connectivity index (χ0) is 16.2. The van der Waals surface area contributed by atoms with Crippen molar-refractivity contribution in [3.8, 4) is 0 Å². The molecule has 0 aromatic heterocycles. The highest BCUT2D eigenvalue weighted by atomic mass is 16.2. The fraction of sp³-hybridized carbons (Fsp3) is 0.556. The van der Waals surface area contributed by atoms with Crippen LogP contribution in [-0.4, -0.2) is 36.0 Å². The minimum absolute atomic E-state index is 0.0389. The lowest BCUT2D eigenvalue weighted by Crippen LogP contribution is -2.46. The van der Waals surface area contributed by atoms with Crippen molar-refractivity contribution in [3.05, 3.63) is 30.3 Å². The summed E-state index contributed by atoms with van der Waals surface area (Å²) in [6.07, 6.45) is 3.95. The van der Waals surface area contributed by atoms with Crippen molar-refractivity contribution in [3.63, 3.8) is 0 Å². The van der Waals surface area contributed by atoms with Crippen LogP contribution in [0.4, 0.5) is 10.5 Å². The molecule has 2 N–H and O–H groups in total. The zero-order valence-electron chi connectivity index (χ0n) is 13.6. The smallest absolute Gasteiger partial charge is 0.321 e. The van der Waals surface area contributed by atoms with Gasteiger partial charge < -0.3 is 15.5 Å². The topological polar surface area (TPSA) is 61.4 Å². The Morgan fingerprint density at radius 2 is 1.74 bits per heavy atom. The van der Waals surface area contributed by atoms with Crippen LogP contribution < -0.4 is 10.6 Å². The van der Waals surface area contributed by atoms with E-state index < -0.39 is 0 Å². The number of amides is 3. The molecule has 3 rings (SSSR count). The lowest BCUT2D eigenvalue weighted by atomic mass is 9.95. The molecule has 23 heavy (non-hydrogen) atoms. The highest BCUT2D eigenvalue weighted by Gasteiger charge is 2.32. The minimum Gasteiger partial charge on any atom is -0.353 e. The van der Waals surface area contributed by atoms with E-state index in [4.69, 9.17) is 0 Å². The van der Waals surface area contributed by atoms with Crippen LogP contribution in [0.2, 0.25) is 0 Å². The quantitative estimate of drug-likeness (QED) is 0.897. The molecule has 0 spiro atoms. The van der Waals surface area contributed by atoms with Gasteiger partial charge in [0.15, 0.2) is 0 Å². The van der Waals surface area contributed by atoms with Crippen molar-refractivity contribution in [2.75, 3.05) is 18.4 Å². The summed E-state index contributed by atoms with van der Waals surface area (Å²) < 4.78 is 0. The number of anilines is 1. The molecular weight excluding hydrogens is 290 g/mol. The number of rotatable bonds is 4. The van der Waals surface area contributed by atoms with Gasteiger partial charge in [-0.25, -0.2) is 4.79 Å². The maximum absolute atomic E-state index is 12.3. The number of carbonyl (C=O) groups is 2. The van der Waals surface area contributed by atoms with E-state index in [2.05, 4.69) is 17.6 Å². The second-order valence-electron chi connectivity index (χ2n) is 6.69. The molecule has 124 valence electrons. The Hall–Kier alpha value is -2.04. The molecule has 5 heteroatoms. The van der Waals surface area contributed by atoms with Crippen LogP contribution in [-0.2, 0) is 4.79 Å². The Balaban J connectivity index is 1.44. The van der Waals surface area contributed by atoms with Gasteiger partial charge in [0.05, 0.1) is 0 Å². The van der Waals surface area contributed by atoms with Crippen molar-refractivity contribution in [1.29, 1.82) is 0 Å². The van der Waals surface area contributed by atoms with Crippen LogP contribution in [0.1, 0.15) is 32.6 Å². The number of hydrogen-bond donors (Lipinski definition) is 2. The molecule has 1 aromatic carbocycles. The number of piperidine rings is 1. The predicted octanol–water partition coefficient (Wildman–Crippen LogP) is 2.85. The SMILES string of the molecule is C[C@@H](NC(=O)C1CCN(C(=O)Nc2ccccc2)CC1)C1CC1. The van der Waals surface area contributed by atoms with Gasteiger partial charge in [0, 0.05) is 30.7 Å². The van der Waals surface area contributed by atoms with Gasteiger partial charge in [0.1, 0.15) is 0 Å². The molecule has 2 aliphatic rings. The molecule has 0 unspecified atom stereocenters. The van der Waals surface area contributed by atoms with E-state index in [0.717, 1.165) is 18.5 Å². The van der Waals surface area contributed by atoms with E-state index in [9.17, 15) is 9.59 Å². The van der Waals surface area contributed by atoms with Crippen LogP contribution in [0.5, 0.6) is 0 Å². The first kappa shape index (κ1) is 15.8. The van der Waals surface area contributed by atoms with Gasteiger partial charge in [-0.3, -0.25) is 4.79 Å². The van der Waals surface area contributed by atoms with E-state index in [1.54, 1.807) is 4.90 Å². The molecule has 0 bridgehead atoms. The van der Waals surface area contributed by atoms with Gasteiger partial charge in [0.25, 0.3) is 0 Å². The zero-order valence-corrected chi connectivity index (χ0v) is 13.6. The number of likely N-dealkylation sites (tertiary alicyclic amines) is 1. The normalized spacial score (nSPS) is 20.0. The molecule has 2 fully saturated rings. The summed E-state index contributed by atoms with van der Waals surface area (Å²) in [6.45, 7) is 3.36. The average molecular weight is 315 g/mol. The van der Waals surface area contributed by atoms with Crippen LogP contribution in [0.3, 0.4) is 0 Å². The second kappa shape index (κ2) is 7.02. The van der Waals surface area contributed by atoms with Crippen LogP contribution >= 0.6 is 0 Å². The Bertz CT molecular complexity index is 549. The maximum atomic E-state index is 12.3. The van der Waals surface area contributed by atoms with Gasteiger partial charge in [-0.1, -0.05) is 18.2 Å². The van der Waals surface area contributed by atoms with Gasteiger partial charge in [-0.05, 0) is 50.7 Å². The summed E-state index contributed by atoms with van der Waals surface area (Å²) in [4.78, 5) is 26.3. The summed E-state index contributed by atoms with van der Waals surface area (Å²) in [5.74, 6) is 0.875. The van der Waals surface area contributed by atoms with Crippen molar-refractivity contribution < 1.29 is 9.59 Å². The van der Waals surface area contributed by atoms with Crippen LogP contribution in [0.25, 0.3) is 0 Å². The first-order valence-corrected chi connectivity index (χ1v) is 8.55. The molecule has 0 radical (unpaired) electrons. The fourth-order valence-corrected chi connectivity index (χ4v) is 3.13. The van der Waals surface area contributed by atoms with Gasteiger partial charge in [-0.15, -0.1) is 0 Å². The molecule has 1 saturated carbocycles. The van der Waals surface area contributed by atoms with Crippen LogP contribution in [0.15, 0.2) is 30.3 Å². The molecule has 1 aromatic rings. The van der Waals surface area contributed by atoms with Gasteiger partial charge in [0.2, 0.25) is 5.91 Å². The molecule has 1 aliphatic carbocycles. The standard InChI is InChI=1S/C18H25N3O2/c1-13(14-7-8-14)19-17(22)15-9-11-21(12-10-15)18(23)20-16-5-3-2-4-6-16/h2-6,13-15H,7-12H2,1H3,(H,19,22)(H,20,23)/t13-/m1/s1. The molecule has 1 atom stereocenters. The number of nitrogens with zero attached hydrogens (tertiary/aromatic N) is 1. The third-order valence-electron chi connectivity index (χ3n) is 4.88. The lowest BCUT2D eigenvalue weighted by Gasteiger charge is -2.32. The molecule has 5 nitrogen and oxygen atoms in total. The van der Waals surface area contributed by atoms with E-state index in [1.807, 2.05) is 30.3 Å². The van der Waals surface area contributed by atoms with Crippen molar-refractivity contribution >= 4 is 17.6 Å². The third-order valence-corrected chi connectivity index (χ3v) is 4.88. The molecule has 3 amide bonds. The number of carbonyl (C=O) groups excluding carboxylic acids is 2. The van der Waals surface area contributed by atoms with E-state index >= 15 is 0 Å². The first-order valence-electron chi connectivity index (χ1n) is 8.55. The number of nitrogens with one attached hydrogen (secondary N) is 2. The summed E-state index contributed by atoms with van der Waals surface area (Å²) in [7, 11) is 0. The molecule has 1 aliphatic heterocycles. The van der Waals surface area contributed by atoms with E-state index in [1.165, 1.54) is 12.8 Å². The number of para-hydroxylation sites is 1. The van der Waals surface area contributed by atoms with Crippen molar-refractivity contribution in [2.45, 2.75) is 38.6 Å². The highest BCUT2D eigenvalue weighted by Crippen LogP contribution is 2.32. The Labute approximate surface area is 137 Å². The van der Waals surface area contributed by atoms with Crippen molar-refractivity contribution in [2.24, 2.45) is 11.8 Å². The molecule has 1 saturated heterocycles. The largest absolute Gasteiger partial charge is 0.353 e. The third kappa shape index (κ3) is 4.24. The Kier molecular flexibility index (Phi) is 4.84. The van der Waals surface area contributed by atoms with Gasteiger partial charge >= 0.3 is 6.03 Å². The highest BCUT2D eigenvalue weighted by molar-refractivity contribution is 5.89. The molecule has 1 heterocycles. The average Bonchev–Trinajstić information content (AvgIpc) is 3.41. The molecular formula is C18H25N3O2. The summed E-state index contributed by atoms with van der Waals surface area (Å²) in [5, 5.41) is 6.03. The van der Waals surface area contributed by atoms with Gasteiger partial charge in [-0.2, -0.15) is 0 Å². The number of benzene rings is 1. The summed E-state index contributed by atoms with van der Waals surface area (Å²) in [6, 6.07) is 9.67. The first-order chi connectivity index (χ1) is 11.1. The second-order valence-corrected chi connectivity index (χ2v) is 6.69. The Morgan fingerprint density at radius 1 is 1.09 bits per heavy atom.